The van der Waals surface area contributed by atoms with Crippen molar-refractivity contribution < 1.29 is 0 Å². The summed E-state index contributed by atoms with van der Waals surface area (Å²) in [7, 11) is 0. The van der Waals surface area contributed by atoms with Gasteiger partial charge in [-0.15, -0.1) is 21.5 Å². The number of rotatable bonds is 6. The normalized spacial score (nSPS) is 13.6. The molecule has 154 valence electrons. The maximum Gasteiger partial charge on any atom is 0.259 e. The number of hydrogen-bond acceptors (Lipinski definition) is 6. The van der Waals surface area contributed by atoms with Gasteiger partial charge in [-0.05, 0) is 43.7 Å². The molecule has 0 fully saturated rings. The summed E-state index contributed by atoms with van der Waals surface area (Å²) in [5.74, 6) is 2.22. The van der Waals surface area contributed by atoms with E-state index in [1.54, 1.807) is 23.1 Å². The van der Waals surface area contributed by atoms with E-state index in [1.165, 1.54) is 22.4 Å². The first-order valence-electron chi connectivity index (χ1n) is 10.3. The van der Waals surface area contributed by atoms with E-state index in [-0.39, 0.29) is 5.56 Å². The Kier molecular flexibility index (Phi) is 5.43. The number of nitrogens with zero attached hydrogens (tertiary/aromatic N) is 4. The topological polar surface area (TPSA) is 76.5 Å². The Bertz CT molecular complexity index is 1240. The fourth-order valence-electron chi connectivity index (χ4n) is 4.06. The molecular formula is C22H23N5OS2. The van der Waals surface area contributed by atoms with Crippen molar-refractivity contribution in [3.8, 4) is 0 Å². The lowest BCUT2D eigenvalue weighted by molar-refractivity contribution is 0.651. The van der Waals surface area contributed by atoms with Crippen LogP contribution in [-0.4, -0.2) is 24.7 Å². The number of aryl methyl sites for hydroxylation is 2. The Balaban J connectivity index is 1.37. The molecule has 0 aliphatic heterocycles. The molecule has 1 aromatic carbocycles. The second-order valence-corrected chi connectivity index (χ2v) is 9.52. The first-order valence-corrected chi connectivity index (χ1v) is 12.2. The fourth-order valence-corrected chi connectivity index (χ4v) is 6.23. The second kappa shape index (κ2) is 8.35. The number of thioether (sulfide) groups is 1. The Morgan fingerprint density at radius 2 is 2.00 bits per heavy atom. The molecule has 30 heavy (non-hydrogen) atoms. The van der Waals surface area contributed by atoms with E-state index in [0.29, 0.717) is 11.6 Å². The highest BCUT2D eigenvalue weighted by molar-refractivity contribution is 7.98. The summed E-state index contributed by atoms with van der Waals surface area (Å²) < 4.78 is 2.14. The highest BCUT2D eigenvalue weighted by Crippen LogP contribution is 2.33. The van der Waals surface area contributed by atoms with Gasteiger partial charge in [-0.2, -0.15) is 0 Å². The van der Waals surface area contributed by atoms with Crippen molar-refractivity contribution in [1.29, 1.82) is 0 Å². The molecule has 1 N–H and O–H groups in total. The van der Waals surface area contributed by atoms with Crippen LogP contribution < -0.4 is 5.56 Å². The van der Waals surface area contributed by atoms with Crippen LogP contribution in [0.1, 0.15) is 47.4 Å². The molecule has 0 saturated carbocycles. The van der Waals surface area contributed by atoms with E-state index >= 15 is 0 Å². The van der Waals surface area contributed by atoms with Crippen LogP contribution in [-0.2, 0) is 31.6 Å². The molecule has 1 aliphatic carbocycles. The van der Waals surface area contributed by atoms with Gasteiger partial charge >= 0.3 is 0 Å². The summed E-state index contributed by atoms with van der Waals surface area (Å²) in [6.45, 7) is 2.91. The standard InChI is InChI=1S/C22H23N5OS2/c1-2-27-18(12-14-8-4-3-5-9-14)25-26-22(27)29-13-17-23-20(28)19-15-10-6-7-11-16(15)30-21(19)24-17/h3-5,8-9H,2,6-7,10-13H2,1H3,(H,23,24,28). The minimum Gasteiger partial charge on any atom is -0.309 e. The Morgan fingerprint density at radius 1 is 1.17 bits per heavy atom. The van der Waals surface area contributed by atoms with Crippen molar-refractivity contribution in [1.82, 2.24) is 24.7 Å². The third kappa shape index (κ3) is 3.70. The molecule has 3 heterocycles. The van der Waals surface area contributed by atoms with E-state index in [9.17, 15) is 4.79 Å². The number of nitrogens with one attached hydrogen (secondary N) is 1. The Hall–Kier alpha value is -2.45. The number of aromatic amines is 1. The molecule has 0 radical (unpaired) electrons. The van der Waals surface area contributed by atoms with E-state index in [1.807, 2.05) is 18.2 Å². The minimum atomic E-state index is -0.00303. The van der Waals surface area contributed by atoms with E-state index in [4.69, 9.17) is 4.98 Å². The van der Waals surface area contributed by atoms with Crippen LogP contribution in [0.2, 0.25) is 0 Å². The molecule has 5 rings (SSSR count). The van der Waals surface area contributed by atoms with E-state index < -0.39 is 0 Å². The third-order valence-electron chi connectivity index (χ3n) is 5.53. The van der Waals surface area contributed by atoms with Crippen molar-refractivity contribution in [2.75, 3.05) is 0 Å². The summed E-state index contributed by atoms with van der Waals surface area (Å²) in [6.07, 6.45) is 5.19. The molecule has 6 nitrogen and oxygen atoms in total. The molecule has 0 unspecified atom stereocenters. The summed E-state index contributed by atoms with van der Waals surface area (Å²) in [5.41, 5.74) is 2.44. The smallest absolute Gasteiger partial charge is 0.259 e. The van der Waals surface area contributed by atoms with Crippen molar-refractivity contribution in [3.63, 3.8) is 0 Å². The molecule has 0 bridgehead atoms. The van der Waals surface area contributed by atoms with Gasteiger partial charge in [0.2, 0.25) is 0 Å². The molecule has 8 heteroatoms. The van der Waals surface area contributed by atoms with Crippen LogP contribution in [0.3, 0.4) is 0 Å². The second-order valence-electron chi connectivity index (χ2n) is 7.50. The number of thiophene rings is 1. The largest absolute Gasteiger partial charge is 0.309 e. The van der Waals surface area contributed by atoms with Gasteiger partial charge in [0.15, 0.2) is 5.16 Å². The van der Waals surface area contributed by atoms with Crippen LogP contribution in [0.15, 0.2) is 40.3 Å². The van der Waals surface area contributed by atoms with Gasteiger partial charge in [0.1, 0.15) is 16.5 Å². The lowest BCUT2D eigenvalue weighted by Crippen LogP contribution is -2.12. The summed E-state index contributed by atoms with van der Waals surface area (Å²) in [5, 5.41) is 10.5. The van der Waals surface area contributed by atoms with Gasteiger partial charge in [-0.1, -0.05) is 42.1 Å². The van der Waals surface area contributed by atoms with Gasteiger partial charge in [0, 0.05) is 17.8 Å². The van der Waals surface area contributed by atoms with E-state index in [2.05, 4.69) is 38.8 Å². The maximum absolute atomic E-state index is 12.7. The number of hydrogen-bond donors (Lipinski definition) is 1. The molecule has 1 aliphatic rings. The molecule has 3 aromatic heterocycles. The number of fused-ring (bicyclic) bond motifs is 3. The molecule has 4 aromatic rings. The molecule has 0 atom stereocenters. The van der Waals surface area contributed by atoms with Crippen molar-refractivity contribution in [2.45, 2.75) is 56.5 Å². The van der Waals surface area contributed by atoms with Crippen LogP contribution in [0.25, 0.3) is 10.2 Å². The maximum atomic E-state index is 12.7. The van der Waals surface area contributed by atoms with Crippen molar-refractivity contribution in [3.05, 3.63) is 68.3 Å². The summed E-state index contributed by atoms with van der Waals surface area (Å²) in [4.78, 5) is 22.7. The van der Waals surface area contributed by atoms with Crippen LogP contribution >= 0.6 is 23.1 Å². The third-order valence-corrected chi connectivity index (χ3v) is 7.69. The van der Waals surface area contributed by atoms with Crippen molar-refractivity contribution in [2.24, 2.45) is 0 Å². The number of aromatic nitrogens is 5. The molecule has 0 spiro atoms. The zero-order valence-corrected chi connectivity index (χ0v) is 18.5. The number of benzene rings is 1. The highest BCUT2D eigenvalue weighted by Gasteiger charge is 2.20. The molecule has 0 saturated heterocycles. The van der Waals surface area contributed by atoms with Gasteiger partial charge in [0.25, 0.3) is 5.56 Å². The average Bonchev–Trinajstić information content (AvgIpc) is 3.33. The van der Waals surface area contributed by atoms with Crippen LogP contribution in [0, 0.1) is 0 Å². The monoisotopic (exact) mass is 437 g/mol. The quantitative estimate of drug-likeness (QED) is 0.454. The SMILES string of the molecule is CCn1c(Cc2ccccc2)nnc1SCc1nc2sc3c(c2c(=O)[nH]1)CCCC3. The lowest BCUT2D eigenvalue weighted by Gasteiger charge is -2.09. The van der Waals surface area contributed by atoms with E-state index in [0.717, 1.165) is 53.4 Å². The van der Waals surface area contributed by atoms with Crippen LogP contribution in [0.5, 0.6) is 0 Å². The zero-order chi connectivity index (χ0) is 20.5. The Labute approximate surface area is 182 Å². The summed E-state index contributed by atoms with van der Waals surface area (Å²) >= 11 is 3.26. The van der Waals surface area contributed by atoms with Gasteiger partial charge in [-0.25, -0.2) is 4.98 Å². The average molecular weight is 438 g/mol. The first-order chi connectivity index (χ1) is 14.7. The van der Waals surface area contributed by atoms with Crippen LogP contribution in [0.4, 0.5) is 0 Å². The zero-order valence-electron chi connectivity index (χ0n) is 16.9. The van der Waals surface area contributed by atoms with Gasteiger partial charge < -0.3 is 9.55 Å². The predicted octanol–water partition coefficient (Wildman–Crippen LogP) is 4.36. The number of H-pyrrole nitrogens is 1. The molecular weight excluding hydrogens is 414 g/mol. The molecule has 0 amide bonds. The predicted molar refractivity (Wildman–Crippen MR) is 121 cm³/mol. The highest BCUT2D eigenvalue weighted by atomic mass is 32.2. The fraction of sp³-hybridized carbons (Fsp3) is 0.364. The van der Waals surface area contributed by atoms with Gasteiger partial charge in [-0.3, -0.25) is 4.79 Å². The van der Waals surface area contributed by atoms with Crippen molar-refractivity contribution >= 4 is 33.3 Å². The minimum absolute atomic E-state index is 0.00303. The first kappa shape index (κ1) is 19.5. The lowest BCUT2D eigenvalue weighted by atomic mass is 9.97. The van der Waals surface area contributed by atoms with Gasteiger partial charge in [0.05, 0.1) is 11.1 Å². The summed E-state index contributed by atoms with van der Waals surface area (Å²) in [6, 6.07) is 10.3. The Morgan fingerprint density at radius 3 is 2.83 bits per heavy atom.